The van der Waals surface area contributed by atoms with Crippen LogP contribution in [-0.4, -0.2) is 63.3 Å². The molecule has 0 aromatic rings. The maximum atomic E-state index is 12.0. The molecule has 2 N–H and O–H groups in total. The Bertz CT molecular complexity index is 246. The number of halogens is 2. The number of ether oxygens (including phenoxy) is 1. The molecule has 1 rings (SSSR count). The van der Waals surface area contributed by atoms with E-state index in [1.165, 1.54) is 0 Å². The van der Waals surface area contributed by atoms with Gasteiger partial charge in [-0.05, 0) is 32.4 Å². The smallest absolute Gasteiger partial charge is 0.237 e. The third kappa shape index (κ3) is 8.27. The van der Waals surface area contributed by atoms with Crippen molar-refractivity contribution in [3.63, 3.8) is 0 Å². The van der Waals surface area contributed by atoms with Crippen LogP contribution in [0.4, 0.5) is 0 Å². The molecular formula is C13H29Cl2N3O2. The molecule has 20 heavy (non-hydrogen) atoms. The number of hydrogen-bond acceptors (Lipinski definition) is 4. The molecular weight excluding hydrogens is 301 g/mol. The summed E-state index contributed by atoms with van der Waals surface area (Å²) in [6, 6.07) is 0.101. The Kier molecular flexibility index (Phi) is 15.4. The molecule has 7 heteroatoms. The number of rotatable bonds is 9. The van der Waals surface area contributed by atoms with Crippen molar-refractivity contribution in [2.45, 2.75) is 32.2 Å². The zero-order valence-electron chi connectivity index (χ0n) is 12.5. The van der Waals surface area contributed by atoms with E-state index in [9.17, 15) is 4.79 Å². The number of nitrogens with zero attached hydrogens (tertiary/aromatic N) is 1. The summed E-state index contributed by atoms with van der Waals surface area (Å²) >= 11 is 0. The van der Waals surface area contributed by atoms with Crippen molar-refractivity contribution in [1.82, 2.24) is 15.5 Å². The van der Waals surface area contributed by atoms with Gasteiger partial charge in [0.15, 0.2) is 0 Å². The van der Waals surface area contributed by atoms with Gasteiger partial charge in [-0.3, -0.25) is 9.69 Å². The van der Waals surface area contributed by atoms with E-state index >= 15 is 0 Å². The second-order valence-electron chi connectivity index (χ2n) is 4.73. The van der Waals surface area contributed by atoms with Gasteiger partial charge < -0.3 is 15.4 Å². The Morgan fingerprint density at radius 2 is 2.05 bits per heavy atom. The Morgan fingerprint density at radius 1 is 1.30 bits per heavy atom. The van der Waals surface area contributed by atoms with Crippen molar-refractivity contribution in [3.8, 4) is 0 Å². The second kappa shape index (κ2) is 13.9. The van der Waals surface area contributed by atoms with Crippen LogP contribution in [0, 0.1) is 0 Å². The van der Waals surface area contributed by atoms with E-state index in [2.05, 4.69) is 22.5 Å². The van der Waals surface area contributed by atoms with Gasteiger partial charge in [0.1, 0.15) is 0 Å². The lowest BCUT2D eigenvalue weighted by Gasteiger charge is -2.22. The van der Waals surface area contributed by atoms with Gasteiger partial charge in [-0.15, -0.1) is 24.8 Å². The molecule has 0 aromatic carbocycles. The summed E-state index contributed by atoms with van der Waals surface area (Å²) in [7, 11) is 1.69. The summed E-state index contributed by atoms with van der Waals surface area (Å²) in [6.45, 7) is 7.29. The highest BCUT2D eigenvalue weighted by Gasteiger charge is 2.29. The molecule has 1 amide bonds. The third-order valence-corrected chi connectivity index (χ3v) is 3.26. The van der Waals surface area contributed by atoms with Crippen LogP contribution in [0.5, 0.6) is 0 Å². The summed E-state index contributed by atoms with van der Waals surface area (Å²) < 4.78 is 4.94. The zero-order chi connectivity index (χ0) is 13.2. The zero-order valence-corrected chi connectivity index (χ0v) is 14.2. The van der Waals surface area contributed by atoms with Crippen LogP contribution in [0.15, 0.2) is 0 Å². The lowest BCUT2D eigenvalue weighted by molar-refractivity contribution is -0.125. The lowest BCUT2D eigenvalue weighted by atomic mass is 10.2. The maximum absolute atomic E-state index is 12.0. The molecule has 0 saturated carbocycles. The van der Waals surface area contributed by atoms with Crippen molar-refractivity contribution in [2.75, 3.05) is 46.4 Å². The quantitative estimate of drug-likeness (QED) is 0.621. The molecule has 1 heterocycles. The molecule has 122 valence electrons. The second-order valence-corrected chi connectivity index (χ2v) is 4.73. The molecule has 0 radical (unpaired) electrons. The molecule has 0 spiro atoms. The number of methoxy groups -OCH3 is 1. The highest BCUT2D eigenvalue weighted by atomic mass is 35.5. The normalized spacial score (nSPS) is 18.2. The van der Waals surface area contributed by atoms with Gasteiger partial charge in [0.2, 0.25) is 5.91 Å². The van der Waals surface area contributed by atoms with Gasteiger partial charge in [0.05, 0.1) is 12.6 Å². The Hall–Kier alpha value is -0.0700. The topological polar surface area (TPSA) is 53.6 Å². The molecule has 1 atom stereocenters. The van der Waals surface area contributed by atoms with E-state index in [-0.39, 0.29) is 36.8 Å². The van der Waals surface area contributed by atoms with Crippen LogP contribution in [0.2, 0.25) is 0 Å². The molecule has 0 aliphatic carbocycles. The highest BCUT2D eigenvalue weighted by Crippen LogP contribution is 2.17. The number of amides is 1. The number of hydrogen-bond donors (Lipinski definition) is 2. The lowest BCUT2D eigenvalue weighted by Crippen LogP contribution is -2.45. The van der Waals surface area contributed by atoms with Crippen LogP contribution in [0.1, 0.15) is 26.2 Å². The van der Waals surface area contributed by atoms with Crippen molar-refractivity contribution < 1.29 is 9.53 Å². The van der Waals surface area contributed by atoms with Crippen molar-refractivity contribution in [1.29, 1.82) is 0 Å². The Morgan fingerprint density at radius 3 is 2.70 bits per heavy atom. The van der Waals surface area contributed by atoms with Gasteiger partial charge in [-0.2, -0.15) is 0 Å². The fourth-order valence-corrected chi connectivity index (χ4v) is 2.37. The van der Waals surface area contributed by atoms with E-state index in [0.29, 0.717) is 13.2 Å². The van der Waals surface area contributed by atoms with Gasteiger partial charge >= 0.3 is 0 Å². The standard InChI is InChI=1S/C13H27N3O2.2ClH/c1-3-9-16-10-4-5-12(16)13(17)15-7-6-14-8-11-18-2;;/h12,14H,3-11H2,1-2H3,(H,15,17);2*1H. The van der Waals surface area contributed by atoms with Crippen LogP contribution in [0.3, 0.4) is 0 Å². The molecule has 1 fully saturated rings. The molecule has 5 nitrogen and oxygen atoms in total. The predicted molar refractivity (Wildman–Crippen MR) is 87.1 cm³/mol. The fourth-order valence-electron chi connectivity index (χ4n) is 2.37. The summed E-state index contributed by atoms with van der Waals surface area (Å²) in [4.78, 5) is 14.3. The molecule has 1 aliphatic heterocycles. The SMILES string of the molecule is CCCN1CCCC1C(=O)NCCNCCOC.Cl.Cl. The maximum Gasteiger partial charge on any atom is 0.237 e. The van der Waals surface area contributed by atoms with Gasteiger partial charge in [-0.25, -0.2) is 0 Å². The van der Waals surface area contributed by atoms with Crippen molar-refractivity contribution >= 4 is 30.7 Å². The van der Waals surface area contributed by atoms with E-state index in [1.807, 2.05) is 0 Å². The van der Waals surface area contributed by atoms with Gasteiger partial charge in [0, 0.05) is 26.7 Å². The van der Waals surface area contributed by atoms with Gasteiger partial charge in [-0.1, -0.05) is 6.92 Å². The minimum atomic E-state index is 0. The summed E-state index contributed by atoms with van der Waals surface area (Å²) in [5.41, 5.74) is 0. The molecule has 0 bridgehead atoms. The molecule has 1 unspecified atom stereocenters. The summed E-state index contributed by atoms with van der Waals surface area (Å²) in [5.74, 6) is 0.189. The average Bonchev–Trinajstić information content (AvgIpc) is 2.82. The first-order valence-corrected chi connectivity index (χ1v) is 7.01. The van der Waals surface area contributed by atoms with Crippen LogP contribution < -0.4 is 10.6 Å². The Labute approximate surface area is 135 Å². The molecule has 1 saturated heterocycles. The van der Waals surface area contributed by atoms with E-state index in [1.54, 1.807) is 7.11 Å². The van der Waals surface area contributed by atoms with Crippen LogP contribution >= 0.6 is 24.8 Å². The van der Waals surface area contributed by atoms with Gasteiger partial charge in [0.25, 0.3) is 0 Å². The predicted octanol–water partition coefficient (Wildman–Crippen LogP) is 1.06. The first kappa shape index (κ1) is 22.2. The minimum absolute atomic E-state index is 0. The first-order valence-electron chi connectivity index (χ1n) is 7.01. The Balaban J connectivity index is 0. The van der Waals surface area contributed by atoms with Crippen LogP contribution in [-0.2, 0) is 9.53 Å². The van der Waals surface area contributed by atoms with Crippen molar-refractivity contribution in [2.24, 2.45) is 0 Å². The average molecular weight is 330 g/mol. The number of carbonyl (C=O) groups excluding carboxylic acids is 1. The molecule has 0 aromatic heterocycles. The van der Waals surface area contributed by atoms with E-state index in [0.717, 1.165) is 45.4 Å². The fraction of sp³-hybridized carbons (Fsp3) is 0.923. The highest BCUT2D eigenvalue weighted by molar-refractivity contribution is 5.85. The van der Waals surface area contributed by atoms with E-state index in [4.69, 9.17) is 4.74 Å². The van der Waals surface area contributed by atoms with Crippen LogP contribution in [0.25, 0.3) is 0 Å². The number of carbonyl (C=O) groups is 1. The minimum Gasteiger partial charge on any atom is -0.383 e. The number of nitrogens with one attached hydrogen (secondary N) is 2. The number of likely N-dealkylation sites (tertiary alicyclic amines) is 1. The largest absolute Gasteiger partial charge is 0.383 e. The van der Waals surface area contributed by atoms with Crippen molar-refractivity contribution in [3.05, 3.63) is 0 Å². The summed E-state index contributed by atoms with van der Waals surface area (Å²) in [5, 5.41) is 6.22. The monoisotopic (exact) mass is 329 g/mol. The third-order valence-electron chi connectivity index (χ3n) is 3.26. The molecule has 1 aliphatic rings. The summed E-state index contributed by atoms with van der Waals surface area (Å²) in [6.07, 6.45) is 3.26. The first-order chi connectivity index (χ1) is 8.79. The van der Waals surface area contributed by atoms with E-state index < -0.39 is 0 Å².